The van der Waals surface area contributed by atoms with Crippen molar-refractivity contribution in [1.82, 2.24) is 15.6 Å². The van der Waals surface area contributed by atoms with Gasteiger partial charge >= 0.3 is 12.4 Å². The first-order chi connectivity index (χ1) is 10.8. The Balaban J connectivity index is 2.48. The molecule has 1 heterocycles. The molecule has 0 radical (unpaired) electrons. The highest BCUT2D eigenvalue weighted by Crippen LogP contribution is 2.37. The summed E-state index contributed by atoms with van der Waals surface area (Å²) in [7, 11) is -4.57. The topological polar surface area (TPSA) is 70.2 Å². The lowest BCUT2D eigenvalue weighted by Gasteiger charge is -2.18. The summed E-state index contributed by atoms with van der Waals surface area (Å²) in [5.74, 6) is 0. The molecule has 0 bridgehead atoms. The highest BCUT2D eigenvalue weighted by Gasteiger charge is 2.39. The number of hydrazine groups is 1. The molecular formula is C12H13F6N3O2S. The molecule has 2 unspecified atom stereocenters. The standard InChI is InChI=1S/C12H13F6N3O2S/c1-6-10(5-19-20-6)21-24(22,23)9-3-7(11(13,14)15)2-8(4-9)12(16,17)18/h2-4,6,10,19-21H,5H2,1H3. The summed E-state index contributed by atoms with van der Waals surface area (Å²) >= 11 is 0. The molecule has 12 heteroatoms. The molecule has 1 aromatic rings. The van der Waals surface area contributed by atoms with Crippen LogP contribution in [0, 0.1) is 0 Å². The highest BCUT2D eigenvalue weighted by atomic mass is 32.2. The number of hydrogen-bond acceptors (Lipinski definition) is 4. The fraction of sp³-hybridized carbons (Fsp3) is 0.500. The van der Waals surface area contributed by atoms with Gasteiger partial charge in [-0.3, -0.25) is 10.9 Å². The lowest BCUT2D eigenvalue weighted by molar-refractivity contribution is -0.143. The second kappa shape index (κ2) is 6.17. The van der Waals surface area contributed by atoms with E-state index in [-0.39, 0.29) is 24.7 Å². The number of hydrogen-bond donors (Lipinski definition) is 3. The quantitative estimate of drug-likeness (QED) is 0.704. The van der Waals surface area contributed by atoms with Gasteiger partial charge in [-0.1, -0.05) is 0 Å². The van der Waals surface area contributed by atoms with Crippen molar-refractivity contribution >= 4 is 10.0 Å². The van der Waals surface area contributed by atoms with Gasteiger partial charge in [0.05, 0.1) is 22.1 Å². The van der Waals surface area contributed by atoms with Gasteiger partial charge in [-0.2, -0.15) is 26.3 Å². The minimum absolute atomic E-state index is 0.125. The zero-order valence-electron chi connectivity index (χ0n) is 12.1. The fourth-order valence-electron chi connectivity index (χ4n) is 2.10. The molecule has 1 aromatic carbocycles. The van der Waals surface area contributed by atoms with Crippen LogP contribution in [0.1, 0.15) is 18.1 Å². The molecule has 3 N–H and O–H groups in total. The third-order valence-electron chi connectivity index (χ3n) is 3.43. The Morgan fingerprint density at radius 3 is 1.92 bits per heavy atom. The molecular weight excluding hydrogens is 364 g/mol. The third kappa shape index (κ3) is 4.18. The molecule has 0 aliphatic carbocycles. The first-order valence-corrected chi connectivity index (χ1v) is 8.09. The van der Waals surface area contributed by atoms with Crippen LogP contribution in [0.4, 0.5) is 26.3 Å². The molecule has 1 aliphatic rings. The largest absolute Gasteiger partial charge is 0.416 e. The van der Waals surface area contributed by atoms with Gasteiger partial charge in [0, 0.05) is 12.6 Å². The average Bonchev–Trinajstić information content (AvgIpc) is 2.81. The molecule has 2 rings (SSSR count). The van der Waals surface area contributed by atoms with Crippen LogP contribution in [0.25, 0.3) is 0 Å². The van der Waals surface area contributed by atoms with Gasteiger partial charge in [-0.15, -0.1) is 0 Å². The van der Waals surface area contributed by atoms with Gasteiger partial charge in [0.25, 0.3) is 0 Å². The van der Waals surface area contributed by atoms with E-state index in [1.54, 1.807) is 6.92 Å². The highest BCUT2D eigenvalue weighted by molar-refractivity contribution is 7.89. The van der Waals surface area contributed by atoms with Gasteiger partial charge in [0.15, 0.2) is 0 Å². The van der Waals surface area contributed by atoms with Crippen molar-refractivity contribution < 1.29 is 34.8 Å². The minimum atomic E-state index is -5.12. The lowest BCUT2D eigenvalue weighted by atomic mass is 10.1. The zero-order valence-corrected chi connectivity index (χ0v) is 12.9. The summed E-state index contributed by atoms with van der Waals surface area (Å²) in [6.07, 6.45) is -10.2. The normalized spacial score (nSPS) is 22.8. The molecule has 0 saturated carbocycles. The summed E-state index contributed by atoms with van der Waals surface area (Å²) in [6.45, 7) is 1.73. The fourth-order valence-corrected chi connectivity index (χ4v) is 3.49. The van der Waals surface area contributed by atoms with E-state index < -0.39 is 50.5 Å². The van der Waals surface area contributed by atoms with Gasteiger partial charge < -0.3 is 0 Å². The Kier molecular flexibility index (Phi) is 4.87. The Labute approximate surface area is 133 Å². The maximum Gasteiger partial charge on any atom is 0.416 e. The summed E-state index contributed by atoms with van der Waals surface area (Å²) in [5, 5.41) is 0. The van der Waals surface area contributed by atoms with Crippen molar-refractivity contribution in [3.8, 4) is 0 Å². The lowest BCUT2D eigenvalue weighted by Crippen LogP contribution is -2.43. The first-order valence-electron chi connectivity index (χ1n) is 6.61. The van der Waals surface area contributed by atoms with E-state index in [0.717, 1.165) is 0 Å². The second-order valence-electron chi connectivity index (χ2n) is 5.28. The maximum atomic E-state index is 12.8. The average molecular weight is 377 g/mol. The van der Waals surface area contributed by atoms with Crippen LogP contribution in [0.3, 0.4) is 0 Å². The van der Waals surface area contributed by atoms with Crippen molar-refractivity contribution in [2.45, 2.75) is 36.3 Å². The van der Waals surface area contributed by atoms with Crippen molar-refractivity contribution in [2.24, 2.45) is 0 Å². The van der Waals surface area contributed by atoms with E-state index in [1.165, 1.54) is 0 Å². The molecule has 24 heavy (non-hydrogen) atoms. The monoisotopic (exact) mass is 377 g/mol. The number of nitrogens with one attached hydrogen (secondary N) is 3. The molecule has 0 amide bonds. The number of sulfonamides is 1. The Hall–Kier alpha value is -1.37. The number of alkyl halides is 6. The van der Waals surface area contributed by atoms with Crippen LogP contribution in [0.15, 0.2) is 23.1 Å². The predicted molar refractivity (Wildman–Crippen MR) is 71.2 cm³/mol. The van der Waals surface area contributed by atoms with E-state index in [0.29, 0.717) is 0 Å². The van der Waals surface area contributed by atoms with E-state index in [9.17, 15) is 34.8 Å². The number of rotatable bonds is 3. The third-order valence-corrected chi connectivity index (χ3v) is 4.90. The predicted octanol–water partition coefficient (Wildman–Crippen LogP) is 1.87. The Morgan fingerprint density at radius 1 is 1.04 bits per heavy atom. The number of halogens is 6. The van der Waals surface area contributed by atoms with Gasteiger partial charge in [-0.25, -0.2) is 13.1 Å². The van der Waals surface area contributed by atoms with Crippen molar-refractivity contribution in [2.75, 3.05) is 6.54 Å². The van der Waals surface area contributed by atoms with E-state index in [1.807, 2.05) is 0 Å². The van der Waals surface area contributed by atoms with E-state index >= 15 is 0 Å². The van der Waals surface area contributed by atoms with Crippen LogP contribution in [-0.2, 0) is 22.4 Å². The van der Waals surface area contributed by atoms with Crippen LogP contribution >= 0.6 is 0 Å². The van der Waals surface area contributed by atoms with Crippen LogP contribution in [0.2, 0.25) is 0 Å². The molecule has 0 aromatic heterocycles. The minimum Gasteiger partial charge on any atom is -0.256 e. The van der Waals surface area contributed by atoms with E-state index in [4.69, 9.17) is 0 Å². The molecule has 1 aliphatic heterocycles. The number of benzene rings is 1. The van der Waals surface area contributed by atoms with Crippen LogP contribution < -0.4 is 15.6 Å². The van der Waals surface area contributed by atoms with Crippen molar-refractivity contribution in [1.29, 1.82) is 0 Å². The second-order valence-corrected chi connectivity index (χ2v) is 7.00. The van der Waals surface area contributed by atoms with Crippen LogP contribution in [0.5, 0.6) is 0 Å². The first kappa shape index (κ1) is 19.0. The molecule has 136 valence electrons. The zero-order chi connectivity index (χ0) is 18.3. The van der Waals surface area contributed by atoms with E-state index in [2.05, 4.69) is 15.6 Å². The molecule has 5 nitrogen and oxygen atoms in total. The molecule has 1 fully saturated rings. The molecule has 0 spiro atoms. The summed E-state index contributed by atoms with van der Waals surface area (Å²) in [4.78, 5) is -1.09. The molecule has 1 saturated heterocycles. The summed E-state index contributed by atoms with van der Waals surface area (Å²) in [6, 6.07) is -0.886. The smallest absolute Gasteiger partial charge is 0.256 e. The van der Waals surface area contributed by atoms with Crippen LogP contribution in [-0.4, -0.2) is 27.0 Å². The van der Waals surface area contributed by atoms with Crippen molar-refractivity contribution in [3.05, 3.63) is 29.3 Å². The Morgan fingerprint density at radius 2 is 1.54 bits per heavy atom. The molecule has 2 atom stereocenters. The van der Waals surface area contributed by atoms with Gasteiger partial charge in [0.1, 0.15) is 0 Å². The summed E-state index contributed by atoms with van der Waals surface area (Å²) in [5.41, 5.74) is 1.94. The van der Waals surface area contributed by atoms with Crippen molar-refractivity contribution in [3.63, 3.8) is 0 Å². The van der Waals surface area contributed by atoms with Gasteiger partial charge in [0.2, 0.25) is 10.0 Å². The Bertz CT molecular complexity index is 684. The maximum absolute atomic E-state index is 12.8. The summed E-state index contributed by atoms with van der Waals surface area (Å²) < 4.78 is 103. The van der Waals surface area contributed by atoms with Gasteiger partial charge in [-0.05, 0) is 25.1 Å². The SMILES string of the molecule is CC1NNCC1NS(=O)(=O)c1cc(C(F)(F)F)cc(C(F)(F)F)c1.